The standard InChI is InChI=1S/C16H18N2O2S/c19-16(20-13-10-6-1-2-7-11-13)15-14(17-18-21-15)12-8-4-3-5-9-12/h3-5,8-9,13H,1-2,6-7,10-11H2. The fourth-order valence-corrected chi connectivity index (χ4v) is 3.25. The van der Waals surface area contributed by atoms with Crippen molar-refractivity contribution in [3.05, 3.63) is 35.2 Å². The van der Waals surface area contributed by atoms with Gasteiger partial charge in [0.15, 0.2) is 4.88 Å². The summed E-state index contributed by atoms with van der Waals surface area (Å²) in [4.78, 5) is 12.9. The summed E-state index contributed by atoms with van der Waals surface area (Å²) in [5.41, 5.74) is 1.53. The first-order chi connectivity index (χ1) is 10.3. The SMILES string of the molecule is O=C(OC1CCCCCC1)c1snnc1-c1ccccc1. The van der Waals surface area contributed by atoms with Crippen molar-refractivity contribution in [2.45, 2.75) is 44.6 Å². The van der Waals surface area contributed by atoms with Crippen LogP contribution in [0.25, 0.3) is 11.3 Å². The van der Waals surface area contributed by atoms with Crippen LogP contribution < -0.4 is 0 Å². The van der Waals surface area contributed by atoms with Crippen LogP contribution in [0, 0.1) is 0 Å². The van der Waals surface area contributed by atoms with E-state index in [1.807, 2.05) is 30.3 Å². The summed E-state index contributed by atoms with van der Waals surface area (Å²) in [5.74, 6) is -0.282. The molecule has 5 heteroatoms. The molecule has 0 aliphatic heterocycles. The summed E-state index contributed by atoms with van der Waals surface area (Å²) in [6, 6.07) is 9.65. The fraction of sp³-hybridized carbons (Fsp3) is 0.438. The van der Waals surface area contributed by atoms with E-state index in [4.69, 9.17) is 4.74 Å². The Hall–Kier alpha value is -1.75. The van der Waals surface area contributed by atoms with Gasteiger partial charge in [-0.25, -0.2) is 4.79 Å². The number of hydrogen-bond donors (Lipinski definition) is 0. The third-order valence-electron chi connectivity index (χ3n) is 3.80. The lowest BCUT2D eigenvalue weighted by atomic mass is 10.1. The number of benzene rings is 1. The highest BCUT2D eigenvalue weighted by atomic mass is 32.1. The van der Waals surface area contributed by atoms with E-state index in [0.29, 0.717) is 10.6 Å². The molecule has 1 heterocycles. The Bertz CT molecular complexity index is 589. The van der Waals surface area contributed by atoms with Crippen molar-refractivity contribution in [2.24, 2.45) is 0 Å². The minimum atomic E-state index is -0.282. The van der Waals surface area contributed by atoms with Crippen molar-refractivity contribution >= 4 is 17.5 Å². The van der Waals surface area contributed by atoms with Crippen molar-refractivity contribution in [3.63, 3.8) is 0 Å². The van der Waals surface area contributed by atoms with Gasteiger partial charge < -0.3 is 4.74 Å². The smallest absolute Gasteiger partial charge is 0.352 e. The Morgan fingerprint density at radius 3 is 2.52 bits per heavy atom. The van der Waals surface area contributed by atoms with Crippen LogP contribution in [0.15, 0.2) is 30.3 Å². The molecule has 1 fully saturated rings. The first kappa shape index (κ1) is 14.2. The van der Waals surface area contributed by atoms with E-state index in [1.54, 1.807) is 0 Å². The topological polar surface area (TPSA) is 52.1 Å². The molecule has 0 radical (unpaired) electrons. The average Bonchev–Trinajstić information content (AvgIpc) is 2.87. The number of esters is 1. The van der Waals surface area contributed by atoms with Crippen molar-refractivity contribution in [1.82, 2.24) is 9.59 Å². The Balaban J connectivity index is 1.75. The number of carbonyl (C=O) groups is 1. The predicted molar refractivity (Wildman–Crippen MR) is 82.3 cm³/mol. The lowest BCUT2D eigenvalue weighted by Gasteiger charge is -2.14. The molecule has 1 aliphatic rings. The molecule has 0 atom stereocenters. The van der Waals surface area contributed by atoms with Gasteiger partial charge in [-0.1, -0.05) is 47.7 Å². The van der Waals surface area contributed by atoms with Gasteiger partial charge in [-0.2, -0.15) is 0 Å². The number of carbonyl (C=O) groups excluding carboxylic acids is 1. The highest BCUT2D eigenvalue weighted by Crippen LogP contribution is 2.26. The minimum Gasteiger partial charge on any atom is -0.458 e. The summed E-state index contributed by atoms with van der Waals surface area (Å²) in [7, 11) is 0. The zero-order valence-electron chi connectivity index (χ0n) is 11.8. The second-order valence-electron chi connectivity index (χ2n) is 5.34. The maximum atomic E-state index is 12.4. The minimum absolute atomic E-state index is 0.0470. The lowest BCUT2D eigenvalue weighted by Crippen LogP contribution is -2.17. The first-order valence-electron chi connectivity index (χ1n) is 7.43. The third kappa shape index (κ3) is 3.47. The number of hydrogen-bond acceptors (Lipinski definition) is 5. The molecule has 4 nitrogen and oxygen atoms in total. The fourth-order valence-electron chi connectivity index (χ4n) is 2.67. The van der Waals surface area contributed by atoms with Crippen molar-refractivity contribution in [2.75, 3.05) is 0 Å². The van der Waals surface area contributed by atoms with Gasteiger partial charge in [-0.3, -0.25) is 0 Å². The normalized spacial score (nSPS) is 16.4. The van der Waals surface area contributed by atoms with E-state index in [0.717, 1.165) is 42.8 Å². The Morgan fingerprint density at radius 1 is 1.10 bits per heavy atom. The summed E-state index contributed by atoms with van der Waals surface area (Å²) in [6.45, 7) is 0. The van der Waals surface area contributed by atoms with Crippen LogP contribution in [0.2, 0.25) is 0 Å². The second kappa shape index (κ2) is 6.80. The second-order valence-corrected chi connectivity index (χ2v) is 6.09. The first-order valence-corrected chi connectivity index (χ1v) is 8.20. The van der Waals surface area contributed by atoms with E-state index in [-0.39, 0.29) is 12.1 Å². The van der Waals surface area contributed by atoms with Crippen LogP contribution in [-0.4, -0.2) is 21.7 Å². The highest BCUT2D eigenvalue weighted by molar-refractivity contribution is 7.08. The van der Waals surface area contributed by atoms with E-state index in [9.17, 15) is 4.79 Å². The van der Waals surface area contributed by atoms with Gasteiger partial charge >= 0.3 is 5.97 Å². The van der Waals surface area contributed by atoms with E-state index >= 15 is 0 Å². The van der Waals surface area contributed by atoms with Crippen LogP contribution in [0.5, 0.6) is 0 Å². The van der Waals surface area contributed by atoms with E-state index < -0.39 is 0 Å². The molecule has 0 saturated heterocycles. The Morgan fingerprint density at radius 2 is 1.81 bits per heavy atom. The number of ether oxygens (including phenoxy) is 1. The molecule has 0 bridgehead atoms. The van der Waals surface area contributed by atoms with Gasteiger partial charge in [0.1, 0.15) is 11.8 Å². The summed E-state index contributed by atoms with van der Waals surface area (Å²) in [5, 5.41) is 4.09. The van der Waals surface area contributed by atoms with E-state index in [2.05, 4.69) is 9.59 Å². The van der Waals surface area contributed by atoms with Gasteiger partial charge in [0, 0.05) is 5.56 Å². The molecule has 2 aromatic rings. The molecule has 0 N–H and O–H groups in total. The predicted octanol–water partition coefficient (Wildman–Crippen LogP) is 4.08. The van der Waals surface area contributed by atoms with Crippen molar-refractivity contribution < 1.29 is 9.53 Å². The summed E-state index contributed by atoms with van der Waals surface area (Å²) >= 11 is 1.11. The number of rotatable bonds is 3. The lowest BCUT2D eigenvalue weighted by molar-refractivity contribution is 0.0273. The summed E-state index contributed by atoms with van der Waals surface area (Å²) in [6.07, 6.45) is 6.76. The van der Waals surface area contributed by atoms with Gasteiger partial charge in [0.05, 0.1) is 0 Å². The van der Waals surface area contributed by atoms with Crippen LogP contribution in [-0.2, 0) is 4.74 Å². The molecule has 21 heavy (non-hydrogen) atoms. The Labute approximate surface area is 128 Å². The van der Waals surface area contributed by atoms with E-state index in [1.165, 1.54) is 12.8 Å². The molecule has 0 spiro atoms. The average molecular weight is 302 g/mol. The molecule has 1 aromatic heterocycles. The van der Waals surface area contributed by atoms with Gasteiger partial charge in [0.2, 0.25) is 0 Å². The zero-order valence-corrected chi connectivity index (χ0v) is 12.6. The third-order valence-corrected chi connectivity index (χ3v) is 4.50. The molecule has 3 rings (SSSR count). The molecule has 1 saturated carbocycles. The quantitative estimate of drug-likeness (QED) is 0.633. The largest absolute Gasteiger partial charge is 0.458 e. The summed E-state index contributed by atoms with van der Waals surface area (Å²) < 4.78 is 9.59. The highest BCUT2D eigenvalue weighted by Gasteiger charge is 2.23. The van der Waals surface area contributed by atoms with Crippen LogP contribution in [0.3, 0.4) is 0 Å². The van der Waals surface area contributed by atoms with Crippen LogP contribution in [0.4, 0.5) is 0 Å². The molecule has 0 amide bonds. The zero-order chi connectivity index (χ0) is 14.5. The maximum Gasteiger partial charge on any atom is 0.352 e. The maximum absolute atomic E-state index is 12.4. The van der Waals surface area contributed by atoms with Crippen molar-refractivity contribution in [3.8, 4) is 11.3 Å². The number of aromatic nitrogens is 2. The molecular weight excluding hydrogens is 284 g/mol. The Kier molecular flexibility index (Phi) is 4.60. The van der Waals surface area contributed by atoms with Crippen LogP contribution in [0.1, 0.15) is 48.2 Å². The van der Waals surface area contributed by atoms with Gasteiger partial charge in [-0.15, -0.1) is 5.10 Å². The number of nitrogens with zero attached hydrogens (tertiary/aromatic N) is 2. The molecular formula is C16H18N2O2S. The van der Waals surface area contributed by atoms with Gasteiger partial charge in [-0.05, 0) is 37.2 Å². The molecule has 0 unspecified atom stereocenters. The molecule has 110 valence electrons. The monoisotopic (exact) mass is 302 g/mol. The molecule has 1 aliphatic carbocycles. The van der Waals surface area contributed by atoms with Crippen LogP contribution >= 0.6 is 11.5 Å². The van der Waals surface area contributed by atoms with Gasteiger partial charge in [0.25, 0.3) is 0 Å². The molecule has 1 aromatic carbocycles. The van der Waals surface area contributed by atoms with Crippen molar-refractivity contribution in [1.29, 1.82) is 0 Å².